The first kappa shape index (κ1) is 22.9. The van der Waals surface area contributed by atoms with E-state index in [2.05, 4.69) is 16.9 Å². The van der Waals surface area contributed by atoms with E-state index in [1.807, 2.05) is 50.5 Å². The third-order valence-corrected chi connectivity index (χ3v) is 4.68. The van der Waals surface area contributed by atoms with E-state index in [9.17, 15) is 4.79 Å². The van der Waals surface area contributed by atoms with Crippen molar-refractivity contribution < 1.29 is 14.3 Å². The summed E-state index contributed by atoms with van der Waals surface area (Å²) in [4.78, 5) is 21.2. The van der Waals surface area contributed by atoms with Gasteiger partial charge in [-0.3, -0.25) is 0 Å². The van der Waals surface area contributed by atoms with E-state index >= 15 is 0 Å². The number of hydrogen-bond acceptors (Lipinski definition) is 5. The minimum absolute atomic E-state index is 0.296. The number of nitrogens with zero attached hydrogens (tertiary/aromatic N) is 2. The fraction of sp³-hybridized carbons (Fsp3) is 0.542. The number of unbranched alkanes of at least 4 members (excludes halogenated alkanes) is 3. The Hall–Kier alpha value is -2.43. The molecule has 29 heavy (non-hydrogen) atoms. The molecule has 1 heterocycles. The van der Waals surface area contributed by atoms with Crippen LogP contribution in [0.2, 0.25) is 0 Å². The van der Waals surface area contributed by atoms with Crippen LogP contribution >= 0.6 is 0 Å². The number of aromatic nitrogens is 2. The number of ether oxygens (including phenoxy) is 2. The van der Waals surface area contributed by atoms with Crippen molar-refractivity contribution in [3.63, 3.8) is 0 Å². The first-order chi connectivity index (χ1) is 14.2. The molecular formula is C24H34N2O3. The van der Waals surface area contributed by atoms with Crippen molar-refractivity contribution in [2.45, 2.75) is 78.2 Å². The van der Waals surface area contributed by atoms with Crippen LogP contribution in [0.3, 0.4) is 0 Å². The molecule has 0 radical (unpaired) electrons. The third-order valence-electron chi connectivity index (χ3n) is 4.68. The highest BCUT2D eigenvalue weighted by atomic mass is 16.6. The Morgan fingerprint density at radius 3 is 2.28 bits per heavy atom. The molecule has 0 amide bonds. The molecule has 0 aliphatic carbocycles. The monoisotopic (exact) mass is 398 g/mol. The largest absolute Gasteiger partial charge is 0.479 e. The molecule has 2 aromatic rings. The smallest absolute Gasteiger partial charge is 0.347 e. The van der Waals surface area contributed by atoms with Gasteiger partial charge in [-0.05, 0) is 55.5 Å². The average Bonchev–Trinajstić information content (AvgIpc) is 2.76. The molecule has 0 N–H and O–H groups in total. The van der Waals surface area contributed by atoms with Gasteiger partial charge >= 0.3 is 5.97 Å². The quantitative estimate of drug-likeness (QED) is 0.317. The summed E-state index contributed by atoms with van der Waals surface area (Å²) in [5.41, 5.74) is 2.10. The summed E-state index contributed by atoms with van der Waals surface area (Å²) in [5.74, 6) is 1.05. The molecule has 2 rings (SSSR count). The number of hydrogen-bond donors (Lipinski definition) is 0. The highest BCUT2D eigenvalue weighted by molar-refractivity contribution is 5.75. The lowest BCUT2D eigenvalue weighted by atomic mass is 10.1. The molecule has 0 aliphatic heterocycles. The zero-order chi connectivity index (χ0) is 20.9. The predicted molar refractivity (Wildman–Crippen MR) is 116 cm³/mol. The van der Waals surface area contributed by atoms with Crippen LogP contribution in [-0.4, -0.2) is 28.6 Å². The number of carbonyl (C=O) groups excluding carboxylic acids is 1. The van der Waals surface area contributed by atoms with Gasteiger partial charge in [-0.25, -0.2) is 14.8 Å². The summed E-state index contributed by atoms with van der Waals surface area (Å²) < 4.78 is 11.1. The standard InChI is InChI=1S/C24H34N2O3/c1-4-7-8-9-11-19-17-25-23(26-18-19)20-12-14-21(15-13-20)29-22(10-5-2)24(27)28-16-6-3/h12-15,17-18,22H,4-11,16H2,1-3H3. The summed E-state index contributed by atoms with van der Waals surface area (Å²) in [6.07, 6.45) is 11.5. The van der Waals surface area contributed by atoms with Crippen LogP contribution in [0.15, 0.2) is 36.7 Å². The van der Waals surface area contributed by atoms with E-state index in [4.69, 9.17) is 9.47 Å². The zero-order valence-electron chi connectivity index (χ0n) is 18.0. The molecule has 1 aromatic heterocycles. The molecule has 0 aliphatic rings. The minimum Gasteiger partial charge on any atom is -0.479 e. The maximum absolute atomic E-state index is 12.2. The summed E-state index contributed by atoms with van der Waals surface area (Å²) in [6.45, 7) is 6.64. The molecule has 1 atom stereocenters. The lowest BCUT2D eigenvalue weighted by Gasteiger charge is -2.17. The molecule has 0 saturated heterocycles. The van der Waals surface area contributed by atoms with Gasteiger partial charge in [0, 0.05) is 18.0 Å². The molecule has 5 heteroatoms. The van der Waals surface area contributed by atoms with Crippen LogP contribution in [0.25, 0.3) is 11.4 Å². The molecule has 0 fully saturated rings. The van der Waals surface area contributed by atoms with Crippen LogP contribution in [0, 0.1) is 0 Å². The fourth-order valence-corrected chi connectivity index (χ4v) is 3.02. The van der Waals surface area contributed by atoms with E-state index in [1.54, 1.807) is 0 Å². The van der Waals surface area contributed by atoms with Crippen LogP contribution in [0.4, 0.5) is 0 Å². The van der Waals surface area contributed by atoms with Crippen LogP contribution in [-0.2, 0) is 16.0 Å². The lowest BCUT2D eigenvalue weighted by Crippen LogP contribution is -2.29. The van der Waals surface area contributed by atoms with Crippen LogP contribution < -0.4 is 4.74 Å². The van der Waals surface area contributed by atoms with Crippen molar-refractivity contribution in [1.82, 2.24) is 9.97 Å². The molecule has 0 saturated carbocycles. The molecule has 158 valence electrons. The Kier molecular flexibility index (Phi) is 10.2. The fourth-order valence-electron chi connectivity index (χ4n) is 3.02. The average molecular weight is 399 g/mol. The second-order valence-corrected chi connectivity index (χ2v) is 7.31. The van der Waals surface area contributed by atoms with Gasteiger partial charge in [0.2, 0.25) is 0 Å². The van der Waals surface area contributed by atoms with E-state index in [0.29, 0.717) is 24.6 Å². The van der Waals surface area contributed by atoms with Crippen LogP contribution in [0.5, 0.6) is 5.75 Å². The van der Waals surface area contributed by atoms with Gasteiger partial charge in [0.15, 0.2) is 11.9 Å². The van der Waals surface area contributed by atoms with E-state index in [0.717, 1.165) is 24.8 Å². The van der Waals surface area contributed by atoms with Gasteiger partial charge in [0.05, 0.1) is 6.61 Å². The number of esters is 1. The first-order valence-electron chi connectivity index (χ1n) is 10.9. The SMILES string of the molecule is CCCCCCc1cnc(-c2ccc(OC(CCC)C(=O)OCCC)cc2)nc1. The van der Waals surface area contributed by atoms with Crippen molar-refractivity contribution in [3.05, 3.63) is 42.2 Å². The van der Waals surface area contributed by atoms with Gasteiger partial charge in [-0.2, -0.15) is 0 Å². The molecule has 0 bridgehead atoms. The van der Waals surface area contributed by atoms with Crippen molar-refractivity contribution >= 4 is 5.97 Å². The van der Waals surface area contributed by atoms with Crippen molar-refractivity contribution in [3.8, 4) is 17.1 Å². The summed E-state index contributed by atoms with van der Waals surface area (Å²) >= 11 is 0. The Morgan fingerprint density at radius 2 is 1.66 bits per heavy atom. The predicted octanol–water partition coefficient (Wildman–Crippen LogP) is 5.77. The molecule has 5 nitrogen and oxygen atoms in total. The Morgan fingerprint density at radius 1 is 0.931 bits per heavy atom. The van der Waals surface area contributed by atoms with E-state index < -0.39 is 6.10 Å². The van der Waals surface area contributed by atoms with Gasteiger partial charge < -0.3 is 9.47 Å². The third kappa shape index (κ3) is 7.84. The number of aryl methyl sites for hydroxylation is 1. The van der Waals surface area contributed by atoms with Crippen molar-refractivity contribution in [2.24, 2.45) is 0 Å². The van der Waals surface area contributed by atoms with Crippen LogP contribution in [0.1, 0.15) is 71.3 Å². The lowest BCUT2D eigenvalue weighted by molar-refractivity contribution is -0.152. The van der Waals surface area contributed by atoms with E-state index in [1.165, 1.54) is 31.2 Å². The second kappa shape index (κ2) is 12.9. The number of benzene rings is 1. The maximum Gasteiger partial charge on any atom is 0.347 e. The molecule has 1 unspecified atom stereocenters. The Balaban J connectivity index is 1.95. The van der Waals surface area contributed by atoms with Gasteiger partial charge in [0.25, 0.3) is 0 Å². The summed E-state index contributed by atoms with van der Waals surface area (Å²) in [5, 5.41) is 0. The van der Waals surface area contributed by atoms with Crippen molar-refractivity contribution in [1.29, 1.82) is 0 Å². The van der Waals surface area contributed by atoms with Crippen molar-refractivity contribution in [2.75, 3.05) is 6.61 Å². The molecule has 0 spiro atoms. The normalized spacial score (nSPS) is 11.8. The van der Waals surface area contributed by atoms with Gasteiger partial charge in [0.1, 0.15) is 5.75 Å². The first-order valence-corrected chi connectivity index (χ1v) is 10.9. The molecule has 1 aromatic carbocycles. The maximum atomic E-state index is 12.2. The number of carbonyl (C=O) groups is 1. The highest BCUT2D eigenvalue weighted by Gasteiger charge is 2.21. The zero-order valence-corrected chi connectivity index (χ0v) is 18.0. The Labute approximate surface area is 174 Å². The summed E-state index contributed by atoms with van der Waals surface area (Å²) in [7, 11) is 0. The topological polar surface area (TPSA) is 61.3 Å². The molecular weight excluding hydrogens is 364 g/mol. The van der Waals surface area contributed by atoms with E-state index in [-0.39, 0.29) is 5.97 Å². The summed E-state index contributed by atoms with van der Waals surface area (Å²) in [6, 6.07) is 7.55. The van der Waals surface area contributed by atoms with Gasteiger partial charge in [-0.1, -0.05) is 46.5 Å². The second-order valence-electron chi connectivity index (χ2n) is 7.31. The highest BCUT2D eigenvalue weighted by Crippen LogP contribution is 2.21. The minimum atomic E-state index is -0.569. The number of rotatable bonds is 13. The van der Waals surface area contributed by atoms with Gasteiger partial charge in [-0.15, -0.1) is 0 Å². The Bertz CT molecular complexity index is 714.